The van der Waals surface area contributed by atoms with Gasteiger partial charge in [-0.1, -0.05) is 30.3 Å². The van der Waals surface area contributed by atoms with Gasteiger partial charge in [0.25, 0.3) is 0 Å². The highest BCUT2D eigenvalue weighted by Crippen LogP contribution is 2.30. The monoisotopic (exact) mass is 241 g/mol. The highest BCUT2D eigenvalue weighted by atomic mass is 32.2. The standard InChI is InChI=1S/C14H11NOS/c15-9-11-5-1-2-6-12(11)10-17-14-8-4-3-7-13(14)16/h1-8,16H,10H2. The van der Waals surface area contributed by atoms with Gasteiger partial charge < -0.3 is 5.11 Å². The lowest BCUT2D eigenvalue weighted by atomic mass is 10.1. The Bertz CT molecular complexity index is 560. The van der Waals surface area contributed by atoms with Crippen molar-refractivity contribution in [2.75, 3.05) is 0 Å². The van der Waals surface area contributed by atoms with Crippen LogP contribution in [0.2, 0.25) is 0 Å². The van der Waals surface area contributed by atoms with Crippen LogP contribution in [0, 0.1) is 11.3 Å². The summed E-state index contributed by atoms with van der Waals surface area (Å²) in [4.78, 5) is 0.834. The number of rotatable bonds is 3. The van der Waals surface area contributed by atoms with Gasteiger partial charge in [-0.05, 0) is 23.8 Å². The molecule has 0 saturated carbocycles. The highest BCUT2D eigenvalue weighted by molar-refractivity contribution is 7.98. The number of hydrogen-bond acceptors (Lipinski definition) is 3. The average Bonchev–Trinajstić information content (AvgIpc) is 2.38. The summed E-state index contributed by atoms with van der Waals surface area (Å²) < 4.78 is 0. The van der Waals surface area contributed by atoms with Gasteiger partial charge in [-0.3, -0.25) is 0 Å². The van der Waals surface area contributed by atoms with Crippen LogP contribution in [0.4, 0.5) is 0 Å². The van der Waals surface area contributed by atoms with E-state index in [0.29, 0.717) is 11.3 Å². The van der Waals surface area contributed by atoms with Crippen molar-refractivity contribution in [1.29, 1.82) is 5.26 Å². The van der Waals surface area contributed by atoms with Crippen LogP contribution in [0.3, 0.4) is 0 Å². The molecule has 17 heavy (non-hydrogen) atoms. The topological polar surface area (TPSA) is 44.0 Å². The Labute approximate surface area is 105 Å². The SMILES string of the molecule is N#Cc1ccccc1CSc1ccccc1O. The number of hydrogen-bond donors (Lipinski definition) is 1. The molecule has 0 atom stereocenters. The Balaban J connectivity index is 2.13. The van der Waals surface area contributed by atoms with E-state index >= 15 is 0 Å². The van der Waals surface area contributed by atoms with Crippen LogP contribution in [0.1, 0.15) is 11.1 Å². The van der Waals surface area contributed by atoms with Crippen LogP contribution in [-0.4, -0.2) is 5.11 Å². The number of phenols is 1. The zero-order valence-corrected chi connectivity index (χ0v) is 9.95. The van der Waals surface area contributed by atoms with Crippen LogP contribution in [-0.2, 0) is 5.75 Å². The van der Waals surface area contributed by atoms with Crippen LogP contribution >= 0.6 is 11.8 Å². The minimum Gasteiger partial charge on any atom is -0.507 e. The van der Waals surface area contributed by atoms with E-state index in [4.69, 9.17) is 5.26 Å². The summed E-state index contributed by atoms with van der Waals surface area (Å²) in [5, 5.41) is 18.6. The number of aromatic hydroxyl groups is 1. The summed E-state index contributed by atoms with van der Waals surface area (Å²) in [7, 11) is 0. The van der Waals surface area contributed by atoms with E-state index in [1.807, 2.05) is 30.3 Å². The van der Waals surface area contributed by atoms with Crippen molar-refractivity contribution in [2.24, 2.45) is 0 Å². The molecular weight excluding hydrogens is 230 g/mol. The van der Waals surface area contributed by atoms with Crippen LogP contribution in [0.25, 0.3) is 0 Å². The fourth-order valence-corrected chi connectivity index (χ4v) is 2.44. The molecule has 1 N–H and O–H groups in total. The molecule has 2 aromatic rings. The molecule has 0 radical (unpaired) electrons. The van der Waals surface area contributed by atoms with E-state index in [-0.39, 0.29) is 5.75 Å². The normalized spacial score (nSPS) is 9.82. The molecule has 0 aromatic heterocycles. The summed E-state index contributed by atoms with van der Waals surface area (Å²) >= 11 is 1.53. The number of nitrogens with zero attached hydrogens (tertiary/aromatic N) is 1. The molecule has 0 amide bonds. The number of para-hydroxylation sites is 1. The molecule has 0 aliphatic heterocycles. The number of benzene rings is 2. The second-order valence-electron chi connectivity index (χ2n) is 3.53. The van der Waals surface area contributed by atoms with Crippen molar-refractivity contribution in [2.45, 2.75) is 10.6 Å². The molecule has 0 fully saturated rings. The first-order chi connectivity index (χ1) is 8.31. The van der Waals surface area contributed by atoms with Gasteiger partial charge in [0.2, 0.25) is 0 Å². The van der Waals surface area contributed by atoms with Gasteiger partial charge >= 0.3 is 0 Å². The Kier molecular flexibility index (Phi) is 3.69. The van der Waals surface area contributed by atoms with E-state index in [9.17, 15) is 5.11 Å². The van der Waals surface area contributed by atoms with Crippen molar-refractivity contribution in [3.05, 3.63) is 59.7 Å². The van der Waals surface area contributed by atoms with Crippen molar-refractivity contribution in [3.8, 4) is 11.8 Å². The van der Waals surface area contributed by atoms with E-state index in [1.54, 1.807) is 18.2 Å². The molecule has 0 spiro atoms. The second-order valence-corrected chi connectivity index (χ2v) is 4.54. The molecule has 0 heterocycles. The molecule has 3 heteroatoms. The number of phenolic OH excluding ortho intramolecular Hbond substituents is 1. The molecule has 0 saturated heterocycles. The smallest absolute Gasteiger partial charge is 0.129 e. The first kappa shape index (κ1) is 11.6. The molecule has 0 aliphatic carbocycles. The lowest BCUT2D eigenvalue weighted by molar-refractivity contribution is 0.462. The van der Waals surface area contributed by atoms with Gasteiger partial charge in [-0.15, -0.1) is 11.8 Å². The molecule has 2 nitrogen and oxygen atoms in total. The molecule has 2 rings (SSSR count). The van der Waals surface area contributed by atoms with Gasteiger partial charge in [0.15, 0.2) is 0 Å². The Morgan fingerprint density at radius 2 is 1.76 bits per heavy atom. The lowest BCUT2D eigenvalue weighted by Gasteiger charge is -2.05. The minimum absolute atomic E-state index is 0.284. The van der Waals surface area contributed by atoms with E-state index < -0.39 is 0 Å². The Morgan fingerprint density at radius 1 is 1.06 bits per heavy atom. The van der Waals surface area contributed by atoms with Crippen LogP contribution in [0.5, 0.6) is 5.75 Å². The summed E-state index contributed by atoms with van der Waals surface area (Å²) in [6.45, 7) is 0. The van der Waals surface area contributed by atoms with Crippen LogP contribution < -0.4 is 0 Å². The number of nitriles is 1. The lowest BCUT2D eigenvalue weighted by Crippen LogP contribution is -1.86. The zero-order valence-electron chi connectivity index (χ0n) is 9.13. The summed E-state index contributed by atoms with van der Waals surface area (Å²) in [5.41, 5.74) is 1.68. The highest BCUT2D eigenvalue weighted by Gasteiger charge is 2.04. The second kappa shape index (κ2) is 5.42. The fourth-order valence-electron chi connectivity index (χ4n) is 1.49. The number of thioether (sulfide) groups is 1. The van der Waals surface area contributed by atoms with E-state index in [2.05, 4.69) is 6.07 Å². The van der Waals surface area contributed by atoms with Gasteiger partial charge in [0.1, 0.15) is 5.75 Å². The fraction of sp³-hybridized carbons (Fsp3) is 0.0714. The van der Waals surface area contributed by atoms with Crippen molar-refractivity contribution in [1.82, 2.24) is 0 Å². The van der Waals surface area contributed by atoms with Gasteiger partial charge in [-0.25, -0.2) is 0 Å². The molecular formula is C14H11NOS. The maximum Gasteiger partial charge on any atom is 0.129 e. The summed E-state index contributed by atoms with van der Waals surface area (Å²) in [6, 6.07) is 16.9. The van der Waals surface area contributed by atoms with Gasteiger partial charge in [0.05, 0.1) is 11.6 Å². The molecule has 0 bridgehead atoms. The minimum atomic E-state index is 0.284. The average molecular weight is 241 g/mol. The third-order valence-corrected chi connectivity index (χ3v) is 3.50. The Morgan fingerprint density at radius 3 is 2.53 bits per heavy atom. The first-order valence-corrected chi connectivity index (χ1v) is 6.18. The predicted octanol–water partition coefficient (Wildman–Crippen LogP) is 3.56. The maximum absolute atomic E-state index is 9.63. The zero-order chi connectivity index (χ0) is 12.1. The third kappa shape index (κ3) is 2.80. The molecule has 0 unspecified atom stereocenters. The largest absolute Gasteiger partial charge is 0.507 e. The molecule has 0 aliphatic rings. The quantitative estimate of drug-likeness (QED) is 0.836. The van der Waals surface area contributed by atoms with Crippen molar-refractivity contribution < 1.29 is 5.11 Å². The first-order valence-electron chi connectivity index (χ1n) is 5.20. The predicted molar refractivity (Wildman–Crippen MR) is 68.8 cm³/mol. The third-order valence-electron chi connectivity index (χ3n) is 2.39. The van der Waals surface area contributed by atoms with Crippen LogP contribution in [0.15, 0.2) is 53.4 Å². The summed E-state index contributed by atoms with van der Waals surface area (Å²) in [6.07, 6.45) is 0. The van der Waals surface area contributed by atoms with Gasteiger partial charge in [0, 0.05) is 10.6 Å². The van der Waals surface area contributed by atoms with Crippen molar-refractivity contribution in [3.63, 3.8) is 0 Å². The molecule has 2 aromatic carbocycles. The maximum atomic E-state index is 9.63. The molecule has 84 valence electrons. The van der Waals surface area contributed by atoms with Gasteiger partial charge in [-0.2, -0.15) is 5.26 Å². The van der Waals surface area contributed by atoms with Crippen molar-refractivity contribution >= 4 is 11.8 Å². The van der Waals surface area contributed by atoms with E-state index in [1.165, 1.54) is 11.8 Å². The summed E-state index contributed by atoms with van der Waals surface area (Å²) in [5.74, 6) is 0.966. The van der Waals surface area contributed by atoms with E-state index in [0.717, 1.165) is 10.5 Å². The Hall–Kier alpha value is -1.92.